The molecule has 110 valence electrons. The Morgan fingerprint density at radius 3 is 2.65 bits per heavy atom. The molecule has 1 aromatic rings. The smallest absolute Gasteiger partial charge is 0.384 e. The Bertz CT molecular complexity index is 525. The van der Waals surface area contributed by atoms with Gasteiger partial charge in [-0.25, -0.2) is 4.98 Å². The summed E-state index contributed by atoms with van der Waals surface area (Å²) in [5.74, 6) is -0.120. The Morgan fingerprint density at radius 2 is 2.05 bits per heavy atom. The number of hydrogen-bond donors (Lipinski definition) is 2. The number of nitrogen functional groups attached to an aromatic ring is 1. The number of amidine groups is 1. The lowest BCUT2D eigenvalue weighted by molar-refractivity contribution is -0.119. The predicted octanol–water partition coefficient (Wildman–Crippen LogP) is 2.24. The predicted molar refractivity (Wildman–Crippen MR) is 71.2 cm³/mol. The van der Waals surface area contributed by atoms with Crippen LogP contribution in [0.15, 0.2) is 6.07 Å². The van der Waals surface area contributed by atoms with Gasteiger partial charge in [-0.2, -0.15) is 13.2 Å². The zero-order chi connectivity index (χ0) is 14.9. The number of pyridine rings is 1. The van der Waals surface area contributed by atoms with Gasteiger partial charge < -0.3 is 10.6 Å². The van der Waals surface area contributed by atoms with E-state index in [9.17, 15) is 13.2 Å². The van der Waals surface area contributed by atoms with Crippen LogP contribution in [0.2, 0.25) is 0 Å². The zero-order valence-corrected chi connectivity index (χ0v) is 11.2. The van der Waals surface area contributed by atoms with Gasteiger partial charge in [0.2, 0.25) is 0 Å². The molecule has 0 fully saturated rings. The van der Waals surface area contributed by atoms with Crippen LogP contribution in [-0.2, 0) is 12.8 Å². The van der Waals surface area contributed by atoms with E-state index >= 15 is 0 Å². The first-order valence-corrected chi connectivity index (χ1v) is 6.43. The van der Waals surface area contributed by atoms with Crippen molar-refractivity contribution in [3.05, 3.63) is 22.9 Å². The van der Waals surface area contributed by atoms with E-state index < -0.39 is 12.7 Å². The van der Waals surface area contributed by atoms with Gasteiger partial charge in [0, 0.05) is 12.7 Å². The highest BCUT2D eigenvalue weighted by atomic mass is 19.4. The minimum absolute atomic E-state index is 0.135. The molecule has 0 aliphatic heterocycles. The third-order valence-corrected chi connectivity index (χ3v) is 3.35. The molecule has 20 heavy (non-hydrogen) atoms. The van der Waals surface area contributed by atoms with Gasteiger partial charge in [-0.1, -0.05) is 0 Å². The summed E-state index contributed by atoms with van der Waals surface area (Å²) in [6, 6.07) is 1.71. The molecule has 1 heterocycles. The van der Waals surface area contributed by atoms with Gasteiger partial charge in [0.05, 0.1) is 5.56 Å². The van der Waals surface area contributed by atoms with E-state index in [0.29, 0.717) is 0 Å². The van der Waals surface area contributed by atoms with Crippen molar-refractivity contribution in [1.29, 1.82) is 5.41 Å². The maximum Gasteiger partial charge on any atom is 0.405 e. The van der Waals surface area contributed by atoms with Gasteiger partial charge in [0.1, 0.15) is 18.2 Å². The number of anilines is 1. The van der Waals surface area contributed by atoms with Gasteiger partial charge in [0.25, 0.3) is 0 Å². The minimum atomic E-state index is -4.32. The molecule has 0 saturated heterocycles. The first-order valence-electron chi connectivity index (χ1n) is 6.43. The monoisotopic (exact) mass is 286 g/mol. The summed E-state index contributed by atoms with van der Waals surface area (Å²) in [6.07, 6.45) is -0.696. The minimum Gasteiger partial charge on any atom is -0.384 e. The quantitative estimate of drug-likeness (QED) is 0.661. The van der Waals surface area contributed by atoms with E-state index in [1.54, 1.807) is 6.07 Å². The van der Waals surface area contributed by atoms with Crippen molar-refractivity contribution in [3.8, 4) is 0 Å². The van der Waals surface area contributed by atoms with Crippen LogP contribution in [-0.4, -0.2) is 30.6 Å². The molecular weight excluding hydrogens is 269 g/mol. The first-order chi connectivity index (χ1) is 9.28. The van der Waals surface area contributed by atoms with Gasteiger partial charge >= 0.3 is 6.18 Å². The van der Waals surface area contributed by atoms with Crippen molar-refractivity contribution >= 4 is 11.7 Å². The lowest BCUT2D eigenvalue weighted by Gasteiger charge is -2.25. The van der Waals surface area contributed by atoms with Gasteiger partial charge in [-0.3, -0.25) is 5.41 Å². The molecule has 0 spiro atoms. The molecule has 0 bridgehead atoms. The maximum absolute atomic E-state index is 12.5. The molecule has 7 heteroatoms. The van der Waals surface area contributed by atoms with Crippen LogP contribution in [0, 0.1) is 5.41 Å². The van der Waals surface area contributed by atoms with Crippen LogP contribution >= 0.6 is 0 Å². The number of alkyl halides is 3. The van der Waals surface area contributed by atoms with Crippen molar-refractivity contribution in [2.24, 2.45) is 5.73 Å². The Morgan fingerprint density at radius 1 is 1.40 bits per heavy atom. The molecule has 4 nitrogen and oxygen atoms in total. The van der Waals surface area contributed by atoms with E-state index in [1.165, 1.54) is 7.05 Å². The lowest BCUT2D eigenvalue weighted by Crippen LogP contribution is -2.33. The lowest BCUT2D eigenvalue weighted by atomic mass is 9.94. The Balaban J connectivity index is 2.42. The van der Waals surface area contributed by atoms with Gasteiger partial charge in [-0.05, 0) is 37.3 Å². The van der Waals surface area contributed by atoms with Crippen LogP contribution in [0.25, 0.3) is 0 Å². The Hall–Kier alpha value is -1.79. The number of nitrogens with two attached hydrogens (primary N) is 1. The van der Waals surface area contributed by atoms with Crippen LogP contribution in [0.5, 0.6) is 0 Å². The molecule has 0 saturated carbocycles. The van der Waals surface area contributed by atoms with Gasteiger partial charge in [0.15, 0.2) is 0 Å². The van der Waals surface area contributed by atoms with E-state index in [4.69, 9.17) is 11.1 Å². The fourth-order valence-corrected chi connectivity index (χ4v) is 2.46. The summed E-state index contributed by atoms with van der Waals surface area (Å²) < 4.78 is 37.5. The largest absolute Gasteiger partial charge is 0.405 e. The third kappa shape index (κ3) is 3.20. The van der Waals surface area contributed by atoms with Crippen molar-refractivity contribution in [2.75, 3.05) is 18.5 Å². The number of aryl methyl sites for hydroxylation is 2. The first kappa shape index (κ1) is 14.6. The van der Waals surface area contributed by atoms with Crippen molar-refractivity contribution in [1.82, 2.24) is 4.98 Å². The van der Waals surface area contributed by atoms with E-state index in [-0.39, 0.29) is 17.2 Å². The Labute approximate surface area is 115 Å². The number of fused-ring (bicyclic) bond motifs is 1. The standard InChI is InChI=1S/C13H17F3N4/c1-20(7-13(14,15)16)12-9(11(17)18)6-8-4-2-3-5-10(8)19-12/h6H,2-5,7H2,1H3,(H3,17,18). The number of hydrogen-bond acceptors (Lipinski definition) is 3. The molecular formula is C13H17F3N4. The third-order valence-electron chi connectivity index (χ3n) is 3.35. The number of aromatic nitrogens is 1. The van der Waals surface area contributed by atoms with E-state index in [1.807, 2.05) is 0 Å². The summed E-state index contributed by atoms with van der Waals surface area (Å²) in [4.78, 5) is 5.33. The second-order valence-electron chi connectivity index (χ2n) is 5.06. The fourth-order valence-electron chi connectivity index (χ4n) is 2.46. The maximum atomic E-state index is 12.5. The SMILES string of the molecule is CN(CC(F)(F)F)c1nc2c(cc1C(=N)N)CCCC2. The van der Waals surface area contributed by atoms with Crippen LogP contribution < -0.4 is 10.6 Å². The van der Waals surface area contributed by atoms with E-state index in [0.717, 1.165) is 41.8 Å². The highest BCUT2D eigenvalue weighted by molar-refractivity contribution is 5.99. The Kier molecular flexibility index (Phi) is 3.87. The molecule has 0 amide bonds. The molecule has 0 atom stereocenters. The fraction of sp³-hybridized carbons (Fsp3) is 0.538. The second-order valence-corrected chi connectivity index (χ2v) is 5.06. The summed E-state index contributed by atoms with van der Waals surface area (Å²) in [6.45, 7) is -1.11. The topological polar surface area (TPSA) is 66.0 Å². The molecule has 3 N–H and O–H groups in total. The highest BCUT2D eigenvalue weighted by Gasteiger charge is 2.31. The van der Waals surface area contributed by atoms with Crippen molar-refractivity contribution in [3.63, 3.8) is 0 Å². The number of nitrogens with one attached hydrogen (secondary N) is 1. The summed E-state index contributed by atoms with van der Waals surface area (Å²) in [5, 5.41) is 7.55. The highest BCUT2D eigenvalue weighted by Crippen LogP contribution is 2.28. The molecule has 1 aliphatic rings. The van der Waals surface area contributed by atoms with Crippen molar-refractivity contribution < 1.29 is 13.2 Å². The normalized spacial score (nSPS) is 14.8. The molecule has 2 rings (SSSR count). The van der Waals surface area contributed by atoms with Crippen LogP contribution in [0.4, 0.5) is 19.0 Å². The number of rotatable bonds is 3. The molecule has 1 aromatic heterocycles. The van der Waals surface area contributed by atoms with Crippen LogP contribution in [0.3, 0.4) is 0 Å². The average molecular weight is 286 g/mol. The van der Waals surface area contributed by atoms with E-state index in [2.05, 4.69) is 4.98 Å². The molecule has 0 unspecified atom stereocenters. The molecule has 0 radical (unpaired) electrons. The summed E-state index contributed by atoms with van der Waals surface area (Å²) >= 11 is 0. The summed E-state index contributed by atoms with van der Waals surface area (Å²) in [7, 11) is 1.32. The molecule has 0 aromatic carbocycles. The van der Waals surface area contributed by atoms with Crippen LogP contribution in [0.1, 0.15) is 29.7 Å². The average Bonchev–Trinajstić information content (AvgIpc) is 2.35. The summed E-state index contributed by atoms with van der Waals surface area (Å²) in [5.41, 5.74) is 7.58. The zero-order valence-electron chi connectivity index (χ0n) is 11.2. The van der Waals surface area contributed by atoms with Crippen molar-refractivity contribution in [2.45, 2.75) is 31.9 Å². The second kappa shape index (κ2) is 5.30. The number of halogens is 3. The number of nitrogens with zero attached hydrogens (tertiary/aromatic N) is 2. The molecule has 1 aliphatic carbocycles. The van der Waals surface area contributed by atoms with Gasteiger partial charge in [-0.15, -0.1) is 0 Å².